The summed E-state index contributed by atoms with van der Waals surface area (Å²) in [5.74, 6) is 1.61. The van der Waals surface area contributed by atoms with E-state index in [9.17, 15) is 4.79 Å². The molecule has 5 rings (SSSR count). The van der Waals surface area contributed by atoms with E-state index in [-0.39, 0.29) is 5.91 Å². The van der Waals surface area contributed by atoms with Gasteiger partial charge in [-0.3, -0.25) is 4.79 Å². The number of aryl methyl sites for hydroxylation is 1. The lowest BCUT2D eigenvalue weighted by atomic mass is 9.92. The summed E-state index contributed by atoms with van der Waals surface area (Å²) in [5.41, 5.74) is 4.49. The third-order valence-electron chi connectivity index (χ3n) is 6.41. The van der Waals surface area contributed by atoms with E-state index in [2.05, 4.69) is 25.9 Å². The van der Waals surface area contributed by atoms with Crippen LogP contribution >= 0.6 is 11.6 Å². The van der Waals surface area contributed by atoms with Crippen molar-refractivity contribution in [2.24, 2.45) is 0 Å². The lowest BCUT2D eigenvalue weighted by Crippen LogP contribution is -2.27. The van der Waals surface area contributed by atoms with Crippen molar-refractivity contribution in [2.75, 3.05) is 19.5 Å². The highest BCUT2D eigenvalue weighted by Gasteiger charge is 2.51. The number of H-pyrrole nitrogens is 1. The Labute approximate surface area is 207 Å². The zero-order chi connectivity index (χ0) is 24.6. The summed E-state index contributed by atoms with van der Waals surface area (Å²) < 4.78 is 10.9. The summed E-state index contributed by atoms with van der Waals surface area (Å²) in [4.78, 5) is 13.4. The van der Waals surface area contributed by atoms with Crippen molar-refractivity contribution in [3.63, 3.8) is 0 Å². The molecule has 3 aromatic carbocycles. The predicted octanol–water partition coefficient (Wildman–Crippen LogP) is 5.18. The number of benzene rings is 3. The Morgan fingerprint density at radius 3 is 2.51 bits per heavy atom. The minimum atomic E-state index is -0.562. The number of aromatic amines is 1. The van der Waals surface area contributed by atoms with Crippen LogP contribution in [0.5, 0.6) is 11.5 Å². The fourth-order valence-electron chi connectivity index (χ4n) is 4.50. The Bertz CT molecular complexity index is 1400. The molecule has 0 aliphatic heterocycles. The zero-order valence-corrected chi connectivity index (χ0v) is 20.3. The van der Waals surface area contributed by atoms with E-state index in [1.54, 1.807) is 14.2 Å². The molecule has 1 aliphatic carbocycles. The van der Waals surface area contributed by atoms with Crippen LogP contribution in [0.25, 0.3) is 22.5 Å². The van der Waals surface area contributed by atoms with Gasteiger partial charge >= 0.3 is 0 Å². The first kappa shape index (κ1) is 22.9. The summed E-state index contributed by atoms with van der Waals surface area (Å²) in [6.07, 6.45) is 1.55. The van der Waals surface area contributed by atoms with E-state index in [4.69, 9.17) is 21.1 Å². The van der Waals surface area contributed by atoms with Crippen LogP contribution in [0.4, 0.5) is 5.69 Å². The van der Waals surface area contributed by atoms with Crippen molar-refractivity contribution in [1.82, 2.24) is 20.6 Å². The molecule has 1 amide bonds. The van der Waals surface area contributed by atoms with Crippen molar-refractivity contribution in [1.29, 1.82) is 0 Å². The smallest absolute Gasteiger partial charge is 0.235 e. The molecule has 1 saturated carbocycles. The van der Waals surface area contributed by atoms with E-state index < -0.39 is 5.41 Å². The molecule has 178 valence electrons. The number of ether oxygens (including phenoxy) is 2. The number of carbonyl (C=O) groups is 1. The van der Waals surface area contributed by atoms with Gasteiger partial charge in [-0.05, 0) is 83.6 Å². The summed E-state index contributed by atoms with van der Waals surface area (Å²) >= 11 is 6.19. The number of methoxy groups -OCH3 is 2. The molecule has 35 heavy (non-hydrogen) atoms. The molecule has 0 atom stereocenters. The quantitative estimate of drug-likeness (QED) is 0.370. The average Bonchev–Trinajstić information content (AvgIpc) is 3.50. The van der Waals surface area contributed by atoms with Gasteiger partial charge in [0.1, 0.15) is 0 Å². The van der Waals surface area contributed by atoms with Gasteiger partial charge in [0.05, 0.1) is 19.6 Å². The van der Waals surface area contributed by atoms with Crippen molar-refractivity contribution in [3.8, 4) is 34.0 Å². The molecular formula is C26H24ClN5O3. The summed E-state index contributed by atoms with van der Waals surface area (Å²) in [6.45, 7) is 1.98. The molecule has 0 unspecified atom stereocenters. The maximum absolute atomic E-state index is 13.4. The van der Waals surface area contributed by atoms with Gasteiger partial charge in [0, 0.05) is 16.3 Å². The monoisotopic (exact) mass is 489 g/mol. The maximum atomic E-state index is 13.4. The minimum Gasteiger partial charge on any atom is -0.493 e. The molecule has 8 nitrogen and oxygen atoms in total. The third kappa shape index (κ3) is 4.21. The minimum absolute atomic E-state index is 0.0582. The highest BCUT2D eigenvalue weighted by Crippen LogP contribution is 2.49. The first-order valence-corrected chi connectivity index (χ1v) is 11.5. The molecule has 9 heteroatoms. The molecule has 0 bridgehead atoms. The van der Waals surface area contributed by atoms with Crippen LogP contribution in [0.2, 0.25) is 5.02 Å². The van der Waals surface area contributed by atoms with E-state index in [1.807, 2.05) is 61.5 Å². The maximum Gasteiger partial charge on any atom is 0.235 e. The lowest BCUT2D eigenvalue weighted by molar-refractivity contribution is -0.118. The second-order valence-corrected chi connectivity index (χ2v) is 9.00. The predicted molar refractivity (Wildman–Crippen MR) is 134 cm³/mol. The second kappa shape index (κ2) is 9.03. The Hall–Kier alpha value is -3.91. The van der Waals surface area contributed by atoms with Crippen LogP contribution in [-0.2, 0) is 10.2 Å². The number of amides is 1. The van der Waals surface area contributed by atoms with Crippen LogP contribution in [-0.4, -0.2) is 40.8 Å². The second-order valence-electron chi connectivity index (χ2n) is 8.57. The van der Waals surface area contributed by atoms with Gasteiger partial charge < -0.3 is 14.8 Å². The van der Waals surface area contributed by atoms with E-state index in [1.165, 1.54) is 0 Å². The van der Waals surface area contributed by atoms with E-state index in [0.717, 1.165) is 40.7 Å². The molecule has 1 aliphatic rings. The standard InChI is InChI=1S/C26H24ClN5O3/c1-15-11-19(28-25(33)26(9-10-26)17-5-4-6-18(27)13-17)14-20(24-29-31-32-30-24)23(15)16-7-8-21(34-2)22(12-16)35-3/h4-8,11-14H,9-10H2,1-3H3,(H,28,33)(H,29,30,31,32). The number of nitrogens with one attached hydrogen (secondary N) is 2. The Kier molecular flexibility index (Phi) is 5.90. The van der Waals surface area contributed by atoms with Crippen LogP contribution in [0.15, 0.2) is 54.6 Å². The van der Waals surface area contributed by atoms with Crippen LogP contribution in [0, 0.1) is 6.92 Å². The topological polar surface area (TPSA) is 102 Å². The highest BCUT2D eigenvalue weighted by atomic mass is 35.5. The Morgan fingerprint density at radius 2 is 1.86 bits per heavy atom. The molecule has 0 radical (unpaired) electrons. The zero-order valence-electron chi connectivity index (χ0n) is 19.6. The number of hydrogen-bond acceptors (Lipinski definition) is 6. The molecule has 2 N–H and O–H groups in total. The summed E-state index contributed by atoms with van der Waals surface area (Å²) in [6, 6.07) is 17.0. The number of halogens is 1. The molecule has 4 aromatic rings. The number of anilines is 1. The fourth-order valence-corrected chi connectivity index (χ4v) is 4.69. The number of nitrogens with zero attached hydrogens (tertiary/aromatic N) is 3. The number of tetrazole rings is 1. The number of carbonyl (C=O) groups excluding carboxylic acids is 1. The third-order valence-corrected chi connectivity index (χ3v) is 6.65. The molecule has 0 saturated heterocycles. The first-order chi connectivity index (χ1) is 16.9. The summed E-state index contributed by atoms with van der Waals surface area (Å²) in [5, 5.41) is 18.4. The van der Waals surface area contributed by atoms with E-state index in [0.29, 0.717) is 28.0 Å². The van der Waals surface area contributed by atoms with Gasteiger partial charge in [0.15, 0.2) is 11.5 Å². The highest BCUT2D eigenvalue weighted by molar-refractivity contribution is 6.30. The van der Waals surface area contributed by atoms with Crippen molar-refractivity contribution in [3.05, 3.63) is 70.7 Å². The van der Waals surface area contributed by atoms with Gasteiger partial charge in [0.2, 0.25) is 11.7 Å². The van der Waals surface area contributed by atoms with Crippen molar-refractivity contribution >= 4 is 23.2 Å². The van der Waals surface area contributed by atoms with Crippen LogP contribution < -0.4 is 14.8 Å². The van der Waals surface area contributed by atoms with Crippen LogP contribution in [0.1, 0.15) is 24.0 Å². The largest absolute Gasteiger partial charge is 0.493 e. The summed E-state index contributed by atoms with van der Waals surface area (Å²) in [7, 11) is 3.20. The molecule has 1 aromatic heterocycles. The van der Waals surface area contributed by atoms with Gasteiger partial charge in [-0.25, -0.2) is 0 Å². The lowest BCUT2D eigenvalue weighted by Gasteiger charge is -2.19. The van der Waals surface area contributed by atoms with Crippen molar-refractivity contribution < 1.29 is 14.3 Å². The normalized spacial score (nSPS) is 13.8. The van der Waals surface area contributed by atoms with Gasteiger partial charge in [-0.2, -0.15) is 5.21 Å². The molecular weight excluding hydrogens is 466 g/mol. The van der Waals surface area contributed by atoms with Gasteiger partial charge in [-0.1, -0.05) is 29.8 Å². The van der Waals surface area contributed by atoms with Gasteiger partial charge in [-0.15, -0.1) is 10.2 Å². The molecule has 1 heterocycles. The van der Waals surface area contributed by atoms with Crippen LogP contribution in [0.3, 0.4) is 0 Å². The Balaban J connectivity index is 1.55. The average molecular weight is 490 g/mol. The molecule has 0 spiro atoms. The fraction of sp³-hybridized carbons (Fsp3) is 0.231. The van der Waals surface area contributed by atoms with E-state index >= 15 is 0 Å². The number of hydrogen-bond donors (Lipinski definition) is 2. The molecule has 1 fully saturated rings. The van der Waals surface area contributed by atoms with Gasteiger partial charge in [0.25, 0.3) is 0 Å². The van der Waals surface area contributed by atoms with Crippen molar-refractivity contribution in [2.45, 2.75) is 25.2 Å². The Morgan fingerprint density at radius 1 is 1.06 bits per heavy atom. The number of rotatable bonds is 7. The SMILES string of the molecule is COc1ccc(-c2c(C)cc(NC(=O)C3(c4cccc(Cl)c4)CC3)cc2-c2nn[nH]n2)cc1OC. The first-order valence-electron chi connectivity index (χ1n) is 11.1. The number of aromatic nitrogens is 4.